The molecule has 1 aromatic heterocycles. The summed E-state index contributed by atoms with van der Waals surface area (Å²) in [5.74, 6) is 0.816. The molecule has 4 nitrogen and oxygen atoms in total. The molecule has 4 heteroatoms. The van der Waals surface area contributed by atoms with Gasteiger partial charge < -0.3 is 4.90 Å². The number of rotatable bonds is 3. The van der Waals surface area contributed by atoms with E-state index < -0.39 is 0 Å². The second kappa shape index (κ2) is 5.78. The maximum Gasteiger partial charge on any atom is 0.261 e. The van der Waals surface area contributed by atoms with Crippen LogP contribution in [0.2, 0.25) is 0 Å². The lowest BCUT2D eigenvalue weighted by molar-refractivity contribution is -0.888. The van der Waals surface area contributed by atoms with Crippen molar-refractivity contribution in [1.29, 1.82) is 0 Å². The van der Waals surface area contributed by atoms with Gasteiger partial charge in [-0.05, 0) is 29.8 Å². The molecule has 4 rings (SSSR count). The Hall–Kier alpha value is -2.20. The van der Waals surface area contributed by atoms with Gasteiger partial charge in [-0.1, -0.05) is 24.3 Å². The molecule has 0 amide bonds. The van der Waals surface area contributed by atoms with E-state index in [1.54, 1.807) is 4.90 Å². The largest absolute Gasteiger partial charge is 0.333 e. The van der Waals surface area contributed by atoms with E-state index in [1.165, 1.54) is 25.9 Å². The zero-order chi connectivity index (χ0) is 15.8. The minimum Gasteiger partial charge on any atom is -0.333 e. The molecule has 2 aromatic carbocycles. The van der Waals surface area contributed by atoms with Crippen molar-refractivity contribution in [3.8, 4) is 0 Å². The predicted octanol–water partition coefficient (Wildman–Crippen LogP) is 1.54. The molecule has 0 spiro atoms. The van der Waals surface area contributed by atoms with Gasteiger partial charge in [0.05, 0.1) is 37.1 Å². The van der Waals surface area contributed by atoms with Gasteiger partial charge in [0.25, 0.3) is 5.56 Å². The maximum absolute atomic E-state index is 12.9. The van der Waals surface area contributed by atoms with Crippen LogP contribution in [0.4, 0.5) is 0 Å². The fourth-order valence-corrected chi connectivity index (χ4v) is 3.68. The molecule has 1 fully saturated rings. The van der Waals surface area contributed by atoms with Crippen LogP contribution in [-0.4, -0.2) is 29.2 Å². The van der Waals surface area contributed by atoms with Crippen LogP contribution in [0.15, 0.2) is 41.2 Å². The summed E-state index contributed by atoms with van der Waals surface area (Å²) in [5, 5.41) is 2.95. The number of fused-ring (bicyclic) bond motifs is 2. The number of nitrogens with one attached hydrogen (secondary N) is 1. The zero-order valence-corrected chi connectivity index (χ0v) is 13.5. The summed E-state index contributed by atoms with van der Waals surface area (Å²) in [6.07, 6.45) is 2.62. The normalized spacial score (nSPS) is 15.7. The van der Waals surface area contributed by atoms with Crippen molar-refractivity contribution < 1.29 is 4.90 Å². The Kier molecular flexibility index (Phi) is 3.62. The summed E-state index contributed by atoms with van der Waals surface area (Å²) in [6.45, 7) is 6.19. The van der Waals surface area contributed by atoms with Gasteiger partial charge in [-0.15, -0.1) is 0 Å². The first-order valence-corrected chi connectivity index (χ1v) is 8.46. The van der Waals surface area contributed by atoms with Gasteiger partial charge in [0, 0.05) is 12.8 Å². The van der Waals surface area contributed by atoms with E-state index in [-0.39, 0.29) is 5.56 Å². The molecular formula is C19H22N3O+. The molecule has 2 heterocycles. The van der Waals surface area contributed by atoms with Gasteiger partial charge in [-0.25, -0.2) is 4.98 Å². The maximum atomic E-state index is 12.9. The van der Waals surface area contributed by atoms with E-state index in [9.17, 15) is 4.79 Å². The standard InChI is InChI=1S/C19H21N3O/c1-14-20-18-13-16-7-3-2-6-15(16)12-17(18)19(23)22(14)11-10-21-8-4-5-9-21/h2-3,6-7,12-13H,4-5,8-11H2,1H3/p+1. The van der Waals surface area contributed by atoms with E-state index in [0.717, 1.165) is 40.6 Å². The van der Waals surface area contributed by atoms with Gasteiger partial charge >= 0.3 is 0 Å². The van der Waals surface area contributed by atoms with Crippen LogP contribution in [0.3, 0.4) is 0 Å². The van der Waals surface area contributed by atoms with Crippen molar-refractivity contribution in [1.82, 2.24) is 9.55 Å². The van der Waals surface area contributed by atoms with Crippen LogP contribution in [0.5, 0.6) is 0 Å². The van der Waals surface area contributed by atoms with E-state index in [2.05, 4.69) is 11.1 Å². The van der Waals surface area contributed by atoms with Gasteiger partial charge in [0.15, 0.2) is 0 Å². The van der Waals surface area contributed by atoms with Crippen molar-refractivity contribution in [3.63, 3.8) is 0 Å². The first kappa shape index (κ1) is 14.4. The molecule has 0 radical (unpaired) electrons. The van der Waals surface area contributed by atoms with Crippen LogP contribution in [0.25, 0.3) is 21.7 Å². The Morgan fingerprint density at radius 3 is 2.57 bits per heavy atom. The monoisotopic (exact) mass is 308 g/mol. The summed E-state index contributed by atoms with van der Waals surface area (Å²) in [7, 11) is 0. The Bertz CT molecular complexity index is 923. The fraction of sp³-hybridized carbons (Fsp3) is 0.368. The van der Waals surface area contributed by atoms with Crippen LogP contribution >= 0.6 is 0 Å². The SMILES string of the molecule is Cc1nc2cc3ccccc3cc2c(=O)n1CC[NH+]1CCCC1. The third kappa shape index (κ3) is 2.63. The van der Waals surface area contributed by atoms with Crippen molar-refractivity contribution in [3.05, 3.63) is 52.6 Å². The van der Waals surface area contributed by atoms with Crippen LogP contribution in [0.1, 0.15) is 18.7 Å². The number of aryl methyl sites for hydroxylation is 1. The summed E-state index contributed by atoms with van der Waals surface area (Å²) in [4.78, 5) is 19.2. The summed E-state index contributed by atoms with van der Waals surface area (Å²) < 4.78 is 1.85. The topological polar surface area (TPSA) is 39.3 Å². The highest BCUT2D eigenvalue weighted by molar-refractivity contribution is 5.96. The molecule has 0 atom stereocenters. The molecule has 1 aliphatic rings. The van der Waals surface area contributed by atoms with Gasteiger partial charge in [0.2, 0.25) is 0 Å². The number of hydrogen-bond donors (Lipinski definition) is 1. The van der Waals surface area contributed by atoms with Crippen molar-refractivity contribution in [2.75, 3.05) is 19.6 Å². The molecule has 0 aliphatic carbocycles. The first-order chi connectivity index (χ1) is 11.2. The van der Waals surface area contributed by atoms with Crippen molar-refractivity contribution in [2.24, 2.45) is 0 Å². The average Bonchev–Trinajstić information content (AvgIpc) is 3.07. The quantitative estimate of drug-likeness (QED) is 0.746. The predicted molar refractivity (Wildman–Crippen MR) is 93.0 cm³/mol. The highest BCUT2D eigenvalue weighted by atomic mass is 16.1. The lowest BCUT2D eigenvalue weighted by atomic mass is 10.1. The van der Waals surface area contributed by atoms with Crippen LogP contribution < -0.4 is 10.5 Å². The molecule has 23 heavy (non-hydrogen) atoms. The van der Waals surface area contributed by atoms with E-state index in [0.29, 0.717) is 0 Å². The van der Waals surface area contributed by atoms with Gasteiger partial charge in [0.1, 0.15) is 5.82 Å². The van der Waals surface area contributed by atoms with E-state index in [4.69, 9.17) is 0 Å². The molecule has 1 aliphatic heterocycles. The van der Waals surface area contributed by atoms with E-state index in [1.807, 2.05) is 41.8 Å². The molecule has 1 N–H and O–H groups in total. The number of benzene rings is 2. The number of aromatic nitrogens is 2. The minimum absolute atomic E-state index is 0.0943. The summed E-state index contributed by atoms with van der Waals surface area (Å²) >= 11 is 0. The number of nitrogens with zero attached hydrogens (tertiary/aromatic N) is 2. The molecule has 3 aromatic rings. The minimum atomic E-state index is 0.0943. The number of likely N-dealkylation sites (tertiary alicyclic amines) is 1. The highest BCUT2D eigenvalue weighted by Crippen LogP contribution is 2.19. The smallest absolute Gasteiger partial charge is 0.261 e. The van der Waals surface area contributed by atoms with E-state index >= 15 is 0 Å². The number of hydrogen-bond acceptors (Lipinski definition) is 2. The average molecular weight is 308 g/mol. The molecule has 0 unspecified atom stereocenters. The Labute approximate surface area is 135 Å². The van der Waals surface area contributed by atoms with Gasteiger partial charge in [-0.2, -0.15) is 0 Å². The van der Waals surface area contributed by atoms with Crippen molar-refractivity contribution >= 4 is 21.7 Å². The molecule has 1 saturated heterocycles. The van der Waals surface area contributed by atoms with Crippen LogP contribution in [-0.2, 0) is 6.54 Å². The summed E-state index contributed by atoms with van der Waals surface area (Å²) in [6, 6.07) is 12.1. The molecule has 0 saturated carbocycles. The third-order valence-electron chi connectivity index (χ3n) is 5.01. The first-order valence-electron chi connectivity index (χ1n) is 8.46. The third-order valence-corrected chi connectivity index (χ3v) is 5.01. The van der Waals surface area contributed by atoms with Gasteiger partial charge in [-0.3, -0.25) is 9.36 Å². The fourth-order valence-electron chi connectivity index (χ4n) is 3.68. The Morgan fingerprint density at radius 2 is 1.83 bits per heavy atom. The molecular weight excluding hydrogens is 286 g/mol. The Balaban J connectivity index is 1.78. The molecule has 0 bridgehead atoms. The lowest BCUT2D eigenvalue weighted by Crippen LogP contribution is -3.10. The van der Waals surface area contributed by atoms with Crippen molar-refractivity contribution in [2.45, 2.75) is 26.3 Å². The summed E-state index contributed by atoms with van der Waals surface area (Å²) in [5.41, 5.74) is 0.896. The lowest BCUT2D eigenvalue weighted by Gasteiger charge is -2.15. The zero-order valence-electron chi connectivity index (χ0n) is 13.5. The molecule has 118 valence electrons. The second-order valence-electron chi connectivity index (χ2n) is 6.54. The second-order valence-corrected chi connectivity index (χ2v) is 6.54. The number of quaternary nitrogens is 1. The van der Waals surface area contributed by atoms with Crippen LogP contribution in [0, 0.1) is 6.92 Å². The highest BCUT2D eigenvalue weighted by Gasteiger charge is 2.16. The Morgan fingerprint density at radius 1 is 1.13 bits per heavy atom.